The minimum Gasteiger partial charge on any atom is -0.507 e. The molecule has 2 bridgehead atoms. The Kier molecular flexibility index (Phi) is 2.45. The number of carbonyl (C=O) groups is 1. The molecule has 94 valence electrons. The summed E-state index contributed by atoms with van der Waals surface area (Å²) in [6.07, 6.45) is 0. The first kappa shape index (κ1) is 11.3. The van der Waals surface area contributed by atoms with Crippen LogP contribution in [0, 0.1) is 0 Å². The Morgan fingerprint density at radius 2 is 1.68 bits per heavy atom. The maximum Gasteiger partial charge on any atom is 0.335 e. The van der Waals surface area contributed by atoms with E-state index in [1.165, 1.54) is 12.1 Å². The van der Waals surface area contributed by atoms with Crippen molar-refractivity contribution in [3.05, 3.63) is 58.8 Å². The fourth-order valence-electron chi connectivity index (χ4n) is 1.94. The molecular weight excluding hydrogens is 244 g/mol. The third-order valence-corrected chi connectivity index (χ3v) is 2.96. The number of aliphatic hydroxyl groups is 1. The molecule has 0 aliphatic heterocycles. The predicted molar refractivity (Wildman–Crippen MR) is 69.9 cm³/mol. The Morgan fingerprint density at radius 3 is 2.37 bits per heavy atom. The summed E-state index contributed by atoms with van der Waals surface area (Å²) in [5, 5.41) is 26.6. The standard InChI is InChI=1S/C14H10N2O3/c17-13(8-1-3-9(4-2-8)14(18)19)11-6-5-10-7-12(11)16-15-10/h1-7,17H,(H,15,16)(H,18,19)/b13-11-. The van der Waals surface area contributed by atoms with Crippen molar-refractivity contribution in [1.29, 1.82) is 0 Å². The van der Waals surface area contributed by atoms with E-state index in [1.54, 1.807) is 18.2 Å². The number of rotatable bonds is 2. The molecule has 1 aromatic heterocycles. The molecule has 0 unspecified atom stereocenters. The summed E-state index contributed by atoms with van der Waals surface area (Å²) in [6, 6.07) is 11.5. The van der Waals surface area contributed by atoms with E-state index in [0.717, 1.165) is 5.52 Å². The molecule has 0 aliphatic rings. The van der Waals surface area contributed by atoms with E-state index in [4.69, 9.17) is 5.11 Å². The lowest BCUT2D eigenvalue weighted by atomic mass is 10.1. The molecule has 3 rings (SSSR count). The fraction of sp³-hybridized carbons (Fsp3) is 0. The number of aromatic amines is 1. The van der Waals surface area contributed by atoms with Crippen LogP contribution in [-0.4, -0.2) is 26.4 Å². The lowest BCUT2D eigenvalue weighted by Gasteiger charge is -2.01. The molecule has 0 fully saturated rings. The second-order valence-corrected chi connectivity index (χ2v) is 4.19. The van der Waals surface area contributed by atoms with Gasteiger partial charge in [0.1, 0.15) is 5.76 Å². The number of hydrogen-bond acceptors (Lipinski definition) is 3. The number of aromatic nitrogens is 2. The monoisotopic (exact) mass is 254 g/mol. The number of nitrogens with zero attached hydrogens (tertiary/aromatic N) is 1. The summed E-state index contributed by atoms with van der Waals surface area (Å²) >= 11 is 0. The van der Waals surface area contributed by atoms with Crippen molar-refractivity contribution >= 4 is 22.8 Å². The Hall–Kier alpha value is -2.82. The van der Waals surface area contributed by atoms with Crippen molar-refractivity contribution < 1.29 is 15.0 Å². The van der Waals surface area contributed by atoms with E-state index < -0.39 is 5.97 Å². The Balaban J connectivity index is 2.15. The first-order valence-corrected chi connectivity index (χ1v) is 5.66. The third-order valence-electron chi connectivity index (χ3n) is 2.96. The van der Waals surface area contributed by atoms with Gasteiger partial charge >= 0.3 is 5.97 Å². The predicted octanol–water partition coefficient (Wildman–Crippen LogP) is 1.69. The summed E-state index contributed by atoms with van der Waals surface area (Å²) in [6.45, 7) is 0. The Morgan fingerprint density at radius 1 is 1.00 bits per heavy atom. The van der Waals surface area contributed by atoms with Crippen molar-refractivity contribution in [3.8, 4) is 0 Å². The number of nitrogens with one attached hydrogen (secondary N) is 1. The molecular formula is C14H10N2O3. The highest BCUT2D eigenvalue weighted by atomic mass is 16.4. The van der Waals surface area contributed by atoms with E-state index in [0.29, 0.717) is 16.3 Å². The van der Waals surface area contributed by atoms with Crippen LogP contribution in [0.25, 0.3) is 16.8 Å². The quantitative estimate of drug-likeness (QED) is 0.649. The van der Waals surface area contributed by atoms with E-state index in [2.05, 4.69) is 10.2 Å². The second kappa shape index (κ2) is 4.13. The van der Waals surface area contributed by atoms with Crippen LogP contribution in [0.15, 0.2) is 42.5 Å². The maximum absolute atomic E-state index is 10.8. The lowest BCUT2D eigenvalue weighted by Crippen LogP contribution is -2.07. The van der Waals surface area contributed by atoms with Crippen molar-refractivity contribution in [2.45, 2.75) is 0 Å². The molecule has 3 aromatic rings. The van der Waals surface area contributed by atoms with E-state index in [9.17, 15) is 9.90 Å². The van der Waals surface area contributed by atoms with E-state index in [1.807, 2.05) is 12.1 Å². The number of carboxylic acid groups (broad SMARTS) is 1. The molecule has 3 N–H and O–H groups in total. The largest absolute Gasteiger partial charge is 0.507 e. The summed E-state index contributed by atoms with van der Waals surface area (Å²) in [5.74, 6) is -0.917. The van der Waals surface area contributed by atoms with Gasteiger partial charge in [0.25, 0.3) is 0 Å². The van der Waals surface area contributed by atoms with Crippen LogP contribution in [-0.2, 0) is 0 Å². The number of aliphatic hydroxyl groups excluding tert-OH is 1. The van der Waals surface area contributed by atoms with Gasteiger partial charge in [-0.3, -0.25) is 5.10 Å². The smallest absolute Gasteiger partial charge is 0.335 e. The van der Waals surface area contributed by atoms with Crippen LogP contribution in [0.3, 0.4) is 0 Å². The average Bonchev–Trinajstić information content (AvgIpc) is 2.80. The molecule has 0 aliphatic carbocycles. The van der Waals surface area contributed by atoms with Crippen molar-refractivity contribution in [3.63, 3.8) is 0 Å². The molecule has 1 heterocycles. The number of fused-ring (bicyclic) bond motifs is 2. The molecule has 0 spiro atoms. The Labute approximate surface area is 107 Å². The van der Waals surface area contributed by atoms with Crippen molar-refractivity contribution in [2.75, 3.05) is 0 Å². The van der Waals surface area contributed by atoms with Gasteiger partial charge in [0.2, 0.25) is 0 Å². The number of hydrogen-bond donors (Lipinski definition) is 3. The summed E-state index contributed by atoms with van der Waals surface area (Å²) < 4.78 is 0. The summed E-state index contributed by atoms with van der Waals surface area (Å²) in [7, 11) is 0. The van der Waals surface area contributed by atoms with E-state index in [-0.39, 0.29) is 11.3 Å². The molecule has 5 heteroatoms. The molecule has 0 saturated carbocycles. The van der Waals surface area contributed by atoms with Crippen LogP contribution >= 0.6 is 0 Å². The van der Waals surface area contributed by atoms with Gasteiger partial charge in [-0.2, -0.15) is 5.10 Å². The molecule has 19 heavy (non-hydrogen) atoms. The maximum atomic E-state index is 10.8. The van der Waals surface area contributed by atoms with Gasteiger partial charge in [0.15, 0.2) is 0 Å². The molecule has 0 saturated heterocycles. The zero-order valence-corrected chi connectivity index (χ0v) is 9.79. The highest BCUT2D eigenvalue weighted by Crippen LogP contribution is 2.12. The number of carboxylic acids is 1. The van der Waals surface area contributed by atoms with Crippen molar-refractivity contribution in [1.82, 2.24) is 10.2 Å². The Bertz CT molecular complexity index is 803. The zero-order chi connectivity index (χ0) is 13.4. The molecule has 0 amide bonds. The third kappa shape index (κ3) is 1.91. The van der Waals surface area contributed by atoms with Gasteiger partial charge in [-0.05, 0) is 30.3 Å². The van der Waals surface area contributed by atoms with Crippen LogP contribution in [0.5, 0.6) is 0 Å². The molecule has 0 atom stereocenters. The average molecular weight is 254 g/mol. The first-order valence-electron chi connectivity index (χ1n) is 5.66. The fourth-order valence-corrected chi connectivity index (χ4v) is 1.94. The molecule has 5 nitrogen and oxygen atoms in total. The lowest BCUT2D eigenvalue weighted by molar-refractivity contribution is 0.0697. The van der Waals surface area contributed by atoms with Crippen LogP contribution in [0.2, 0.25) is 0 Å². The zero-order valence-electron chi connectivity index (χ0n) is 9.79. The normalized spacial score (nSPS) is 12.6. The summed E-state index contributed by atoms with van der Waals surface area (Å²) in [5.41, 5.74) is 2.28. The second-order valence-electron chi connectivity index (χ2n) is 4.19. The van der Waals surface area contributed by atoms with Gasteiger partial charge in [0, 0.05) is 10.8 Å². The van der Waals surface area contributed by atoms with Crippen molar-refractivity contribution in [2.24, 2.45) is 0 Å². The minimum atomic E-state index is -0.992. The highest BCUT2D eigenvalue weighted by molar-refractivity contribution is 5.88. The summed E-state index contributed by atoms with van der Waals surface area (Å²) in [4.78, 5) is 10.8. The van der Waals surface area contributed by atoms with Gasteiger partial charge in [-0.25, -0.2) is 4.79 Å². The van der Waals surface area contributed by atoms with Gasteiger partial charge < -0.3 is 10.2 Å². The number of H-pyrrole nitrogens is 1. The van der Waals surface area contributed by atoms with Gasteiger partial charge in [-0.15, -0.1) is 0 Å². The molecule has 2 aromatic carbocycles. The van der Waals surface area contributed by atoms with E-state index >= 15 is 0 Å². The van der Waals surface area contributed by atoms with Crippen LogP contribution < -0.4 is 5.22 Å². The topological polar surface area (TPSA) is 86.2 Å². The highest BCUT2D eigenvalue weighted by Gasteiger charge is 2.06. The van der Waals surface area contributed by atoms with Gasteiger partial charge in [0.05, 0.1) is 16.6 Å². The number of benzene rings is 2. The first-order chi connectivity index (χ1) is 9.15. The van der Waals surface area contributed by atoms with Crippen LogP contribution in [0.1, 0.15) is 15.9 Å². The minimum absolute atomic E-state index is 0.0749. The number of aromatic carboxylic acids is 1. The molecule has 0 radical (unpaired) electrons. The van der Waals surface area contributed by atoms with Gasteiger partial charge in [-0.1, -0.05) is 12.1 Å². The van der Waals surface area contributed by atoms with Crippen LogP contribution in [0.4, 0.5) is 0 Å². The SMILES string of the molecule is O=C(O)c1ccc(/C(O)=c2\ccc3cc2n[nH]3)cc1.